The first kappa shape index (κ1) is 8.65. The summed E-state index contributed by atoms with van der Waals surface area (Å²) in [5.74, 6) is 0.515. The summed E-state index contributed by atoms with van der Waals surface area (Å²) in [4.78, 5) is 15.7. The Hall–Kier alpha value is -1.64. The number of rotatable bonds is 1. The van der Waals surface area contributed by atoms with Gasteiger partial charge in [0, 0.05) is 11.3 Å². The van der Waals surface area contributed by atoms with Gasteiger partial charge < -0.3 is 5.32 Å². The zero-order valence-corrected chi connectivity index (χ0v) is 8.31. The van der Waals surface area contributed by atoms with Crippen molar-refractivity contribution >= 4 is 17.8 Å². The number of carbonyl (C=O) groups excluding carboxylic acids is 1. The number of hydrogen-bond donors (Lipinski definition) is 1. The molecule has 0 radical (unpaired) electrons. The molecule has 1 aliphatic heterocycles. The fraction of sp³-hybridized carbons (Fsp3) is 0.333. The Kier molecular flexibility index (Phi) is 1.84. The molecule has 2 aliphatic rings. The minimum Gasteiger partial charge on any atom is -0.321 e. The van der Waals surface area contributed by atoms with Gasteiger partial charge in [-0.1, -0.05) is 18.2 Å². The third-order valence-corrected chi connectivity index (χ3v) is 2.96. The Morgan fingerprint density at radius 2 is 2.07 bits per heavy atom. The highest BCUT2D eigenvalue weighted by molar-refractivity contribution is 6.32. The summed E-state index contributed by atoms with van der Waals surface area (Å²) in [6.45, 7) is 0. The van der Waals surface area contributed by atoms with Crippen molar-refractivity contribution in [3.8, 4) is 0 Å². The van der Waals surface area contributed by atoms with Crippen LogP contribution >= 0.6 is 0 Å². The smallest absolute Gasteiger partial charge is 0.266 e. The van der Waals surface area contributed by atoms with E-state index >= 15 is 0 Å². The average molecular weight is 200 g/mol. The molecular weight excluding hydrogens is 188 g/mol. The number of fused-ring (bicyclic) bond motifs is 1. The van der Waals surface area contributed by atoms with Crippen LogP contribution in [0.1, 0.15) is 24.4 Å². The first-order valence-corrected chi connectivity index (χ1v) is 5.28. The van der Waals surface area contributed by atoms with Crippen LogP contribution in [0.4, 0.5) is 5.69 Å². The summed E-state index contributed by atoms with van der Waals surface area (Å²) < 4.78 is 0. The van der Waals surface area contributed by atoms with Crippen molar-refractivity contribution in [1.29, 1.82) is 0 Å². The van der Waals surface area contributed by atoms with Gasteiger partial charge in [-0.25, -0.2) is 0 Å². The second-order valence-electron chi connectivity index (χ2n) is 4.14. The van der Waals surface area contributed by atoms with Gasteiger partial charge in [0.15, 0.2) is 0 Å². The lowest BCUT2D eigenvalue weighted by Crippen LogP contribution is -2.11. The lowest BCUT2D eigenvalue weighted by Gasteiger charge is -2.13. The Bertz CT molecular complexity index is 435. The van der Waals surface area contributed by atoms with Crippen LogP contribution < -0.4 is 5.32 Å². The third kappa shape index (κ3) is 1.54. The lowest BCUT2D eigenvalue weighted by molar-refractivity contribution is -0.109. The van der Waals surface area contributed by atoms with E-state index in [0.717, 1.165) is 11.3 Å². The molecule has 0 aromatic heterocycles. The normalized spacial score (nSPS) is 24.3. The molecule has 1 saturated carbocycles. The fourth-order valence-corrected chi connectivity index (χ4v) is 2.05. The predicted molar refractivity (Wildman–Crippen MR) is 59.0 cm³/mol. The maximum absolute atomic E-state index is 11.4. The van der Waals surface area contributed by atoms with E-state index in [1.807, 2.05) is 18.2 Å². The highest BCUT2D eigenvalue weighted by atomic mass is 16.1. The van der Waals surface area contributed by atoms with Crippen LogP contribution in [0.15, 0.2) is 29.3 Å². The van der Waals surface area contributed by atoms with E-state index in [0.29, 0.717) is 5.92 Å². The summed E-state index contributed by atoms with van der Waals surface area (Å²) in [6, 6.07) is 8.12. The summed E-state index contributed by atoms with van der Waals surface area (Å²) >= 11 is 0. The van der Waals surface area contributed by atoms with Crippen molar-refractivity contribution in [3.63, 3.8) is 0 Å². The van der Waals surface area contributed by atoms with Gasteiger partial charge in [-0.2, -0.15) is 0 Å². The summed E-state index contributed by atoms with van der Waals surface area (Å²) in [5.41, 5.74) is 2.07. The zero-order chi connectivity index (χ0) is 10.3. The van der Waals surface area contributed by atoms with Crippen LogP contribution in [0, 0.1) is 5.92 Å². The van der Waals surface area contributed by atoms with Crippen LogP contribution in [0.2, 0.25) is 0 Å². The Labute approximate surface area is 88.2 Å². The van der Waals surface area contributed by atoms with E-state index < -0.39 is 0 Å². The second kappa shape index (κ2) is 3.19. The van der Waals surface area contributed by atoms with Crippen LogP contribution in [0.5, 0.6) is 0 Å². The molecule has 3 rings (SSSR count). The maximum atomic E-state index is 11.4. The van der Waals surface area contributed by atoms with Gasteiger partial charge >= 0.3 is 0 Å². The van der Waals surface area contributed by atoms with Gasteiger partial charge in [-0.15, -0.1) is 0 Å². The fourth-order valence-electron chi connectivity index (χ4n) is 2.05. The highest BCUT2D eigenvalue weighted by Gasteiger charge is 2.34. The Morgan fingerprint density at radius 3 is 2.87 bits per heavy atom. The van der Waals surface area contributed by atoms with Gasteiger partial charge in [0.05, 0.1) is 12.3 Å². The van der Waals surface area contributed by atoms with Crippen molar-refractivity contribution in [1.82, 2.24) is 0 Å². The predicted octanol–water partition coefficient (Wildman–Crippen LogP) is 2.16. The zero-order valence-electron chi connectivity index (χ0n) is 8.31. The molecule has 1 aromatic rings. The molecule has 3 nitrogen and oxygen atoms in total. The van der Waals surface area contributed by atoms with E-state index in [2.05, 4.69) is 16.4 Å². The Morgan fingerprint density at radius 1 is 1.27 bits per heavy atom. The molecule has 0 saturated heterocycles. The maximum Gasteiger partial charge on any atom is 0.266 e. The van der Waals surface area contributed by atoms with Crippen molar-refractivity contribution in [2.45, 2.75) is 18.9 Å². The number of carbonyl (C=O) groups is 1. The van der Waals surface area contributed by atoms with Crippen LogP contribution in [-0.4, -0.2) is 12.1 Å². The average Bonchev–Trinajstić information content (AvgIpc) is 3.03. The molecule has 1 aliphatic carbocycles. The van der Waals surface area contributed by atoms with E-state index in [1.54, 1.807) is 0 Å². The van der Waals surface area contributed by atoms with Gasteiger partial charge in [-0.05, 0) is 24.8 Å². The van der Waals surface area contributed by atoms with Gasteiger partial charge in [0.2, 0.25) is 0 Å². The summed E-state index contributed by atoms with van der Waals surface area (Å²) in [5, 5.41) is 2.85. The van der Waals surface area contributed by atoms with Crippen molar-refractivity contribution in [3.05, 3.63) is 29.8 Å². The van der Waals surface area contributed by atoms with Gasteiger partial charge in [0.1, 0.15) is 0 Å². The molecule has 0 bridgehead atoms. The first-order chi connectivity index (χ1) is 7.34. The number of nitrogens with one attached hydrogen (secondary N) is 1. The molecule has 76 valence electrons. The summed E-state index contributed by atoms with van der Waals surface area (Å²) in [7, 11) is 0. The van der Waals surface area contributed by atoms with Crippen molar-refractivity contribution in [2.24, 2.45) is 10.9 Å². The number of hydrogen-bond acceptors (Lipinski definition) is 2. The second-order valence-corrected chi connectivity index (χ2v) is 4.14. The van der Waals surface area contributed by atoms with E-state index in [9.17, 15) is 4.79 Å². The van der Waals surface area contributed by atoms with E-state index in [4.69, 9.17) is 0 Å². The van der Waals surface area contributed by atoms with E-state index in [1.165, 1.54) is 19.1 Å². The third-order valence-electron chi connectivity index (χ3n) is 2.96. The highest BCUT2D eigenvalue weighted by Crippen LogP contribution is 2.45. The van der Waals surface area contributed by atoms with Gasteiger partial charge in [0.25, 0.3) is 5.91 Å². The number of nitrogens with zero attached hydrogens (tertiary/aromatic N) is 1. The van der Waals surface area contributed by atoms with Crippen LogP contribution in [0.25, 0.3) is 0 Å². The molecule has 1 heterocycles. The molecule has 1 atom stereocenters. The standard InChI is InChI=1S/C12H12N2O/c15-11-7-13-12(8-5-6-8)9-3-1-2-4-10(9)14-11/h1-4,7-8,12H,5-6H2,(H,14,15). The molecule has 1 amide bonds. The number of para-hydroxylation sites is 1. The monoisotopic (exact) mass is 200 g/mol. The molecule has 1 N–H and O–H groups in total. The van der Waals surface area contributed by atoms with Crippen LogP contribution in [-0.2, 0) is 4.79 Å². The van der Waals surface area contributed by atoms with Gasteiger partial charge in [-0.3, -0.25) is 9.79 Å². The minimum atomic E-state index is -0.120. The molecule has 1 fully saturated rings. The van der Waals surface area contributed by atoms with Crippen molar-refractivity contribution in [2.75, 3.05) is 5.32 Å². The largest absolute Gasteiger partial charge is 0.321 e. The molecule has 0 spiro atoms. The number of benzene rings is 1. The SMILES string of the molecule is O=C1C=NC(C2CC2)c2ccccc2N1. The quantitative estimate of drug-likeness (QED) is 0.741. The van der Waals surface area contributed by atoms with Crippen LogP contribution in [0.3, 0.4) is 0 Å². The number of aliphatic imine (C=N–C) groups is 1. The molecule has 3 heteroatoms. The summed E-state index contributed by atoms with van der Waals surface area (Å²) in [6.07, 6.45) is 3.87. The number of anilines is 1. The Balaban J connectivity index is 2.08. The molecule has 15 heavy (non-hydrogen) atoms. The lowest BCUT2D eigenvalue weighted by atomic mass is 10.0. The van der Waals surface area contributed by atoms with Crippen molar-refractivity contribution < 1.29 is 4.79 Å². The van der Waals surface area contributed by atoms with E-state index in [-0.39, 0.29) is 11.9 Å². The topological polar surface area (TPSA) is 41.5 Å². The minimum absolute atomic E-state index is 0.120. The molecule has 1 aromatic carbocycles. The first-order valence-electron chi connectivity index (χ1n) is 5.28. The number of amides is 1. The molecular formula is C12H12N2O. The molecule has 1 unspecified atom stereocenters.